The lowest BCUT2D eigenvalue weighted by molar-refractivity contribution is 0.0735. The molecule has 3 rings (SSSR count). The summed E-state index contributed by atoms with van der Waals surface area (Å²) in [5.41, 5.74) is 6.85. The zero-order chi connectivity index (χ0) is 12.7. The second-order valence-electron chi connectivity index (χ2n) is 5.37. The minimum absolute atomic E-state index is 0.103. The van der Waals surface area contributed by atoms with Gasteiger partial charge in [-0.05, 0) is 49.8 Å². The quantitative estimate of drug-likeness (QED) is 0.850. The molecule has 1 aromatic carbocycles. The number of rotatable bonds is 4. The zero-order valence-electron chi connectivity index (χ0n) is 10.2. The highest BCUT2D eigenvalue weighted by Crippen LogP contribution is 2.36. The fraction of sp³-hybridized carbons (Fsp3) is 0.500. The van der Waals surface area contributed by atoms with E-state index in [2.05, 4.69) is 0 Å². The van der Waals surface area contributed by atoms with Crippen molar-refractivity contribution in [2.75, 3.05) is 12.3 Å². The molecule has 18 heavy (non-hydrogen) atoms. The van der Waals surface area contributed by atoms with E-state index in [4.69, 9.17) is 17.3 Å². The van der Waals surface area contributed by atoms with Gasteiger partial charge in [-0.25, -0.2) is 0 Å². The Balaban J connectivity index is 1.79. The van der Waals surface area contributed by atoms with Gasteiger partial charge in [0.2, 0.25) is 0 Å². The van der Waals surface area contributed by atoms with Crippen LogP contribution in [0.25, 0.3) is 0 Å². The Morgan fingerprint density at radius 2 is 2.06 bits per heavy atom. The Kier molecular flexibility index (Phi) is 2.94. The first kappa shape index (κ1) is 11.8. The van der Waals surface area contributed by atoms with E-state index in [-0.39, 0.29) is 5.91 Å². The molecule has 1 aromatic rings. The van der Waals surface area contributed by atoms with Crippen LogP contribution in [0, 0.1) is 5.92 Å². The number of amides is 1. The predicted octanol–water partition coefficient (Wildman–Crippen LogP) is 2.94. The first-order chi connectivity index (χ1) is 8.65. The molecular formula is C14H17ClN2O. The first-order valence-electron chi connectivity index (χ1n) is 6.51. The molecule has 0 aromatic heterocycles. The lowest BCUT2D eigenvalue weighted by atomic mass is 10.1. The van der Waals surface area contributed by atoms with Crippen LogP contribution in [-0.4, -0.2) is 23.4 Å². The lowest BCUT2D eigenvalue weighted by Gasteiger charge is -2.22. The van der Waals surface area contributed by atoms with Crippen molar-refractivity contribution in [1.29, 1.82) is 0 Å². The molecule has 0 radical (unpaired) electrons. The van der Waals surface area contributed by atoms with Crippen molar-refractivity contribution in [3.63, 3.8) is 0 Å². The monoisotopic (exact) mass is 264 g/mol. The number of benzene rings is 1. The molecule has 1 amide bonds. The normalized spacial score (nSPS) is 18.7. The summed E-state index contributed by atoms with van der Waals surface area (Å²) in [5, 5.41) is 0.461. The van der Waals surface area contributed by atoms with E-state index in [9.17, 15) is 4.79 Å². The minimum Gasteiger partial charge on any atom is -0.398 e. The molecule has 0 unspecified atom stereocenters. The number of carbonyl (C=O) groups is 1. The molecule has 0 spiro atoms. The van der Waals surface area contributed by atoms with Gasteiger partial charge in [-0.2, -0.15) is 0 Å². The van der Waals surface area contributed by atoms with Gasteiger partial charge >= 0.3 is 0 Å². The summed E-state index contributed by atoms with van der Waals surface area (Å²) in [6, 6.07) is 5.61. The number of nitrogens with zero attached hydrogens (tertiary/aromatic N) is 1. The summed E-state index contributed by atoms with van der Waals surface area (Å²) in [7, 11) is 0. The van der Waals surface area contributed by atoms with Crippen LogP contribution in [0.4, 0.5) is 5.69 Å². The van der Waals surface area contributed by atoms with Crippen LogP contribution >= 0.6 is 11.6 Å². The fourth-order valence-corrected chi connectivity index (χ4v) is 2.37. The molecule has 2 saturated carbocycles. The molecule has 2 N–H and O–H groups in total. The summed E-state index contributed by atoms with van der Waals surface area (Å²) < 4.78 is 0. The SMILES string of the molecule is Nc1ccc(C(=O)N(CC2CC2)C2CC2)cc1Cl. The third-order valence-electron chi connectivity index (χ3n) is 3.65. The molecule has 3 nitrogen and oxygen atoms in total. The van der Waals surface area contributed by atoms with Crippen molar-refractivity contribution in [2.24, 2.45) is 5.92 Å². The van der Waals surface area contributed by atoms with Crippen LogP contribution in [-0.2, 0) is 0 Å². The van der Waals surface area contributed by atoms with Crippen LogP contribution in [0.2, 0.25) is 5.02 Å². The maximum Gasteiger partial charge on any atom is 0.254 e. The predicted molar refractivity (Wildman–Crippen MR) is 72.6 cm³/mol. The van der Waals surface area contributed by atoms with Gasteiger partial charge in [0.1, 0.15) is 0 Å². The van der Waals surface area contributed by atoms with Crippen LogP contribution < -0.4 is 5.73 Å². The summed E-state index contributed by atoms with van der Waals surface area (Å²) >= 11 is 5.98. The molecule has 0 heterocycles. The van der Waals surface area contributed by atoms with Crippen molar-refractivity contribution in [2.45, 2.75) is 31.7 Å². The van der Waals surface area contributed by atoms with Crippen LogP contribution in [0.1, 0.15) is 36.0 Å². The Hall–Kier alpha value is -1.22. The smallest absolute Gasteiger partial charge is 0.254 e. The van der Waals surface area contributed by atoms with E-state index >= 15 is 0 Å². The molecular weight excluding hydrogens is 248 g/mol. The molecule has 0 bridgehead atoms. The minimum atomic E-state index is 0.103. The number of hydrogen-bond donors (Lipinski definition) is 1. The molecule has 96 valence electrons. The van der Waals surface area contributed by atoms with Crippen LogP contribution in [0.15, 0.2) is 18.2 Å². The van der Waals surface area contributed by atoms with Gasteiger partial charge in [0.15, 0.2) is 0 Å². The van der Waals surface area contributed by atoms with E-state index in [0.717, 1.165) is 25.3 Å². The highest BCUT2D eigenvalue weighted by Gasteiger charge is 2.36. The third-order valence-corrected chi connectivity index (χ3v) is 3.98. The molecule has 2 fully saturated rings. The lowest BCUT2D eigenvalue weighted by Crippen LogP contribution is -2.34. The average molecular weight is 265 g/mol. The Morgan fingerprint density at radius 1 is 1.33 bits per heavy atom. The van der Waals surface area contributed by atoms with Gasteiger partial charge in [-0.3, -0.25) is 4.79 Å². The summed E-state index contributed by atoms with van der Waals surface area (Å²) in [6.07, 6.45) is 4.81. The second-order valence-corrected chi connectivity index (χ2v) is 5.78. The van der Waals surface area contributed by atoms with Gasteiger partial charge < -0.3 is 10.6 Å². The number of halogens is 1. The molecule has 0 atom stereocenters. The topological polar surface area (TPSA) is 46.3 Å². The van der Waals surface area contributed by atoms with Gasteiger partial charge in [0.25, 0.3) is 5.91 Å². The average Bonchev–Trinajstić information content (AvgIpc) is 3.22. The largest absolute Gasteiger partial charge is 0.398 e. The Morgan fingerprint density at radius 3 is 2.61 bits per heavy atom. The van der Waals surface area contributed by atoms with E-state index in [1.54, 1.807) is 18.2 Å². The van der Waals surface area contributed by atoms with Crippen LogP contribution in [0.5, 0.6) is 0 Å². The van der Waals surface area contributed by atoms with E-state index in [0.29, 0.717) is 22.3 Å². The van der Waals surface area contributed by atoms with E-state index in [1.165, 1.54) is 12.8 Å². The summed E-state index contributed by atoms with van der Waals surface area (Å²) in [6.45, 7) is 0.908. The summed E-state index contributed by atoms with van der Waals surface area (Å²) in [5.74, 6) is 0.824. The second kappa shape index (κ2) is 4.47. The first-order valence-corrected chi connectivity index (χ1v) is 6.89. The van der Waals surface area contributed by atoms with E-state index < -0.39 is 0 Å². The highest BCUT2D eigenvalue weighted by molar-refractivity contribution is 6.33. The molecule has 0 aliphatic heterocycles. The molecule has 2 aliphatic rings. The van der Waals surface area contributed by atoms with Crippen molar-refractivity contribution >= 4 is 23.2 Å². The van der Waals surface area contributed by atoms with Crippen LogP contribution in [0.3, 0.4) is 0 Å². The Labute approximate surface area is 112 Å². The number of nitrogens with two attached hydrogens (primary N) is 1. The van der Waals surface area contributed by atoms with Crippen molar-refractivity contribution in [3.05, 3.63) is 28.8 Å². The molecule has 2 aliphatic carbocycles. The van der Waals surface area contributed by atoms with Crippen molar-refractivity contribution in [1.82, 2.24) is 4.90 Å². The van der Waals surface area contributed by atoms with E-state index in [1.807, 2.05) is 4.90 Å². The van der Waals surface area contributed by atoms with Crippen molar-refractivity contribution < 1.29 is 4.79 Å². The molecule has 4 heteroatoms. The van der Waals surface area contributed by atoms with Gasteiger partial charge in [-0.15, -0.1) is 0 Å². The fourth-order valence-electron chi connectivity index (χ4n) is 2.19. The zero-order valence-corrected chi connectivity index (χ0v) is 11.0. The van der Waals surface area contributed by atoms with Crippen molar-refractivity contribution in [3.8, 4) is 0 Å². The number of nitrogen functional groups attached to an aromatic ring is 1. The third kappa shape index (κ3) is 2.46. The highest BCUT2D eigenvalue weighted by atomic mass is 35.5. The van der Waals surface area contributed by atoms with Gasteiger partial charge in [-0.1, -0.05) is 11.6 Å². The molecule has 0 saturated heterocycles. The maximum absolute atomic E-state index is 12.5. The van der Waals surface area contributed by atoms with Gasteiger partial charge in [0.05, 0.1) is 10.7 Å². The number of anilines is 1. The van der Waals surface area contributed by atoms with Gasteiger partial charge in [0, 0.05) is 18.2 Å². The Bertz CT molecular complexity index is 481. The number of carbonyl (C=O) groups excluding carboxylic acids is 1. The number of hydrogen-bond acceptors (Lipinski definition) is 2. The standard InChI is InChI=1S/C14H17ClN2O/c15-12-7-10(3-6-13(12)16)14(18)17(11-4-5-11)8-9-1-2-9/h3,6-7,9,11H,1-2,4-5,8,16H2. The summed E-state index contributed by atoms with van der Waals surface area (Å²) in [4.78, 5) is 14.5. The maximum atomic E-state index is 12.5.